The standard InChI is InChI=1S/C21H29N3O4.HI/c1-15(28-17-9-7-6-8-10-17)13-23-21(22-2)24-14-16-11-18(25-3)20(27-5)19(12-16)26-4;/h6-12,15H,13-14H2,1-5H3,(H2,22,23,24);1H. The summed E-state index contributed by atoms with van der Waals surface area (Å²) < 4.78 is 22.0. The first kappa shape index (κ1) is 24.7. The van der Waals surface area contributed by atoms with Crippen LogP contribution in [0.25, 0.3) is 0 Å². The van der Waals surface area contributed by atoms with Crippen molar-refractivity contribution < 1.29 is 18.9 Å². The van der Waals surface area contributed by atoms with Gasteiger partial charge in [0.1, 0.15) is 11.9 Å². The molecule has 29 heavy (non-hydrogen) atoms. The highest BCUT2D eigenvalue weighted by Crippen LogP contribution is 2.38. The zero-order valence-corrected chi connectivity index (χ0v) is 19.9. The number of nitrogens with zero attached hydrogens (tertiary/aromatic N) is 1. The molecule has 2 aromatic carbocycles. The molecular weight excluding hydrogens is 485 g/mol. The van der Waals surface area contributed by atoms with Crippen LogP contribution in [-0.4, -0.2) is 47.0 Å². The smallest absolute Gasteiger partial charge is 0.203 e. The van der Waals surface area contributed by atoms with Crippen molar-refractivity contribution in [1.29, 1.82) is 0 Å². The van der Waals surface area contributed by atoms with E-state index in [-0.39, 0.29) is 30.1 Å². The minimum absolute atomic E-state index is 0. The fraction of sp³-hybridized carbons (Fsp3) is 0.381. The summed E-state index contributed by atoms with van der Waals surface area (Å²) in [6.07, 6.45) is -0.0119. The van der Waals surface area contributed by atoms with Gasteiger partial charge in [0.2, 0.25) is 5.75 Å². The molecule has 160 valence electrons. The van der Waals surface area contributed by atoms with Crippen LogP contribution in [-0.2, 0) is 6.54 Å². The molecule has 1 unspecified atom stereocenters. The quantitative estimate of drug-likeness (QED) is 0.303. The summed E-state index contributed by atoms with van der Waals surface area (Å²) >= 11 is 0. The molecular formula is C21H30IN3O4. The van der Waals surface area contributed by atoms with Gasteiger partial charge in [0.05, 0.1) is 27.9 Å². The Morgan fingerprint density at radius 2 is 1.59 bits per heavy atom. The molecule has 0 aliphatic heterocycles. The Balaban J connectivity index is 0.00000420. The van der Waals surface area contributed by atoms with Crippen LogP contribution < -0.4 is 29.6 Å². The summed E-state index contributed by atoms with van der Waals surface area (Å²) in [5.41, 5.74) is 0.978. The van der Waals surface area contributed by atoms with Gasteiger partial charge in [-0.25, -0.2) is 0 Å². The third-order valence-electron chi connectivity index (χ3n) is 4.05. The van der Waals surface area contributed by atoms with Gasteiger partial charge in [-0.2, -0.15) is 0 Å². The van der Waals surface area contributed by atoms with Gasteiger partial charge in [-0.15, -0.1) is 24.0 Å². The van der Waals surface area contributed by atoms with E-state index in [2.05, 4.69) is 15.6 Å². The van der Waals surface area contributed by atoms with Crippen LogP contribution in [0.5, 0.6) is 23.0 Å². The molecule has 0 aliphatic carbocycles. The summed E-state index contributed by atoms with van der Waals surface area (Å²) in [4.78, 5) is 4.25. The Hall–Kier alpha value is -2.36. The summed E-state index contributed by atoms with van der Waals surface area (Å²) in [5, 5.41) is 6.54. The van der Waals surface area contributed by atoms with E-state index in [1.807, 2.05) is 49.4 Å². The Kier molecular flexibility index (Phi) is 11.0. The van der Waals surface area contributed by atoms with Crippen molar-refractivity contribution in [3.63, 3.8) is 0 Å². The van der Waals surface area contributed by atoms with E-state index in [0.717, 1.165) is 11.3 Å². The normalized spacial score (nSPS) is 11.7. The van der Waals surface area contributed by atoms with E-state index in [1.54, 1.807) is 28.4 Å². The van der Waals surface area contributed by atoms with Gasteiger partial charge in [0.15, 0.2) is 17.5 Å². The highest BCUT2D eigenvalue weighted by Gasteiger charge is 2.13. The van der Waals surface area contributed by atoms with Gasteiger partial charge in [0, 0.05) is 13.6 Å². The van der Waals surface area contributed by atoms with Gasteiger partial charge in [-0.1, -0.05) is 18.2 Å². The number of halogens is 1. The molecule has 2 rings (SSSR count). The van der Waals surface area contributed by atoms with Crippen LogP contribution in [0, 0.1) is 0 Å². The molecule has 0 saturated heterocycles. The van der Waals surface area contributed by atoms with E-state index < -0.39 is 0 Å². The molecule has 0 spiro atoms. The van der Waals surface area contributed by atoms with Gasteiger partial charge in [0.25, 0.3) is 0 Å². The molecule has 7 nitrogen and oxygen atoms in total. The lowest BCUT2D eigenvalue weighted by Crippen LogP contribution is -2.41. The third-order valence-corrected chi connectivity index (χ3v) is 4.05. The lowest BCUT2D eigenvalue weighted by Gasteiger charge is -2.18. The van der Waals surface area contributed by atoms with E-state index in [9.17, 15) is 0 Å². The molecule has 0 saturated carbocycles. The van der Waals surface area contributed by atoms with Crippen molar-refractivity contribution >= 4 is 29.9 Å². The fourth-order valence-electron chi connectivity index (χ4n) is 2.66. The van der Waals surface area contributed by atoms with Crippen LogP contribution in [0.3, 0.4) is 0 Å². The highest BCUT2D eigenvalue weighted by molar-refractivity contribution is 14.0. The van der Waals surface area contributed by atoms with E-state index in [1.165, 1.54) is 0 Å². The van der Waals surface area contributed by atoms with Gasteiger partial charge < -0.3 is 29.6 Å². The summed E-state index contributed by atoms with van der Waals surface area (Å²) in [5.74, 6) is 3.33. The maximum absolute atomic E-state index is 5.87. The van der Waals surface area contributed by atoms with E-state index in [0.29, 0.717) is 36.3 Å². The van der Waals surface area contributed by atoms with E-state index in [4.69, 9.17) is 18.9 Å². The molecule has 0 aromatic heterocycles. The molecule has 0 fully saturated rings. The SMILES string of the molecule is CN=C(NCc1cc(OC)c(OC)c(OC)c1)NCC(C)Oc1ccccc1.I. The van der Waals surface area contributed by atoms with Crippen molar-refractivity contribution in [2.24, 2.45) is 4.99 Å². The maximum Gasteiger partial charge on any atom is 0.203 e. The molecule has 0 aliphatic rings. The second kappa shape index (κ2) is 13.0. The number of benzene rings is 2. The van der Waals surface area contributed by atoms with E-state index >= 15 is 0 Å². The third kappa shape index (κ3) is 7.52. The van der Waals surface area contributed by atoms with Gasteiger partial charge in [-0.3, -0.25) is 4.99 Å². The van der Waals surface area contributed by atoms with Gasteiger partial charge in [-0.05, 0) is 36.8 Å². The molecule has 0 bridgehead atoms. The van der Waals surface area contributed by atoms with Crippen molar-refractivity contribution in [3.8, 4) is 23.0 Å². The molecule has 1 atom stereocenters. The van der Waals surface area contributed by atoms with Crippen LogP contribution in [0.15, 0.2) is 47.5 Å². The topological polar surface area (TPSA) is 73.3 Å². The largest absolute Gasteiger partial charge is 0.493 e. The summed E-state index contributed by atoms with van der Waals surface area (Å²) in [7, 11) is 6.52. The predicted molar refractivity (Wildman–Crippen MR) is 126 cm³/mol. The zero-order chi connectivity index (χ0) is 20.4. The van der Waals surface area contributed by atoms with Crippen molar-refractivity contribution in [2.45, 2.75) is 19.6 Å². The number of methoxy groups -OCH3 is 3. The molecule has 0 heterocycles. The van der Waals surface area contributed by atoms with Crippen LogP contribution in [0.1, 0.15) is 12.5 Å². The average molecular weight is 515 g/mol. The Morgan fingerprint density at radius 3 is 2.10 bits per heavy atom. The minimum atomic E-state index is -0.0119. The summed E-state index contributed by atoms with van der Waals surface area (Å²) in [6.45, 7) is 3.17. The predicted octanol–water partition coefficient (Wildman–Crippen LogP) is 3.46. The second-order valence-corrected chi connectivity index (χ2v) is 6.08. The Bertz CT molecular complexity index is 747. The zero-order valence-electron chi connectivity index (χ0n) is 17.5. The fourth-order valence-corrected chi connectivity index (χ4v) is 2.66. The molecule has 0 amide bonds. The summed E-state index contributed by atoms with van der Waals surface area (Å²) in [6, 6.07) is 13.6. The molecule has 0 radical (unpaired) electrons. The Morgan fingerprint density at radius 1 is 0.966 bits per heavy atom. The first-order chi connectivity index (χ1) is 13.6. The lowest BCUT2D eigenvalue weighted by atomic mass is 10.2. The first-order valence-electron chi connectivity index (χ1n) is 9.06. The molecule has 2 aromatic rings. The van der Waals surface area contributed by atoms with Crippen molar-refractivity contribution in [1.82, 2.24) is 10.6 Å². The molecule has 2 N–H and O–H groups in total. The second-order valence-electron chi connectivity index (χ2n) is 6.08. The number of rotatable bonds is 9. The number of ether oxygens (including phenoxy) is 4. The number of hydrogen-bond donors (Lipinski definition) is 2. The van der Waals surface area contributed by atoms with Crippen LogP contribution in [0.4, 0.5) is 0 Å². The highest BCUT2D eigenvalue weighted by atomic mass is 127. The maximum atomic E-state index is 5.87. The number of nitrogens with one attached hydrogen (secondary N) is 2. The number of hydrogen-bond acceptors (Lipinski definition) is 5. The van der Waals surface area contributed by atoms with Crippen molar-refractivity contribution in [3.05, 3.63) is 48.0 Å². The monoisotopic (exact) mass is 515 g/mol. The van der Waals surface area contributed by atoms with Crippen LogP contribution in [0.2, 0.25) is 0 Å². The van der Waals surface area contributed by atoms with Crippen LogP contribution >= 0.6 is 24.0 Å². The minimum Gasteiger partial charge on any atom is -0.493 e. The number of para-hydroxylation sites is 1. The number of aliphatic imine (C=N–C) groups is 1. The van der Waals surface area contributed by atoms with Gasteiger partial charge >= 0.3 is 0 Å². The lowest BCUT2D eigenvalue weighted by molar-refractivity contribution is 0.224. The first-order valence-corrected chi connectivity index (χ1v) is 9.06. The molecule has 8 heteroatoms. The average Bonchev–Trinajstić information content (AvgIpc) is 2.73. The Labute approximate surface area is 189 Å². The number of guanidine groups is 1. The van der Waals surface area contributed by atoms with Crippen molar-refractivity contribution in [2.75, 3.05) is 34.9 Å².